The molecular formula is C11H8Cl3N3O. The fourth-order valence-corrected chi connectivity index (χ4v) is 1.74. The Morgan fingerprint density at radius 1 is 1.33 bits per heavy atom. The third-order valence-corrected chi connectivity index (χ3v) is 3.06. The van der Waals surface area contributed by atoms with Crippen LogP contribution in [0.2, 0.25) is 15.2 Å². The van der Waals surface area contributed by atoms with Crippen molar-refractivity contribution in [1.29, 1.82) is 0 Å². The van der Waals surface area contributed by atoms with Crippen LogP contribution in [0.4, 0.5) is 5.82 Å². The highest BCUT2D eigenvalue weighted by molar-refractivity contribution is 6.42. The van der Waals surface area contributed by atoms with Gasteiger partial charge in [-0.25, -0.2) is 4.98 Å². The van der Waals surface area contributed by atoms with Crippen LogP contribution in [-0.4, -0.2) is 10.7 Å². The van der Waals surface area contributed by atoms with Crippen LogP contribution in [0.15, 0.2) is 34.0 Å². The lowest BCUT2D eigenvalue weighted by atomic mass is 10.3. The van der Waals surface area contributed by atoms with E-state index in [1.165, 1.54) is 6.07 Å². The van der Waals surface area contributed by atoms with Gasteiger partial charge in [-0.3, -0.25) is 5.43 Å². The Kier molecular flexibility index (Phi) is 4.11. The standard InChI is InChI=1S/C11H8Cl3N3O/c1-6(9-3-2-4-18-9)16-17-11-8(13)5-7(12)10(14)15-11/h2-5H,1H3,(H,15,17)/b16-6+. The minimum absolute atomic E-state index is 0.161. The summed E-state index contributed by atoms with van der Waals surface area (Å²) in [7, 11) is 0. The molecule has 0 unspecified atom stereocenters. The van der Waals surface area contributed by atoms with Crippen LogP contribution >= 0.6 is 34.8 Å². The number of furan rings is 1. The molecule has 7 heteroatoms. The van der Waals surface area contributed by atoms with Crippen molar-refractivity contribution < 1.29 is 4.42 Å². The molecule has 0 atom stereocenters. The molecule has 2 heterocycles. The van der Waals surface area contributed by atoms with E-state index in [4.69, 9.17) is 39.2 Å². The first-order valence-electron chi connectivity index (χ1n) is 4.93. The van der Waals surface area contributed by atoms with Gasteiger partial charge in [0.2, 0.25) is 0 Å². The zero-order chi connectivity index (χ0) is 13.1. The smallest absolute Gasteiger partial charge is 0.166 e. The van der Waals surface area contributed by atoms with Gasteiger partial charge < -0.3 is 4.42 Å². The predicted octanol–water partition coefficient (Wildman–Crippen LogP) is 4.47. The summed E-state index contributed by atoms with van der Waals surface area (Å²) in [5.74, 6) is 0.982. The molecule has 2 aromatic heterocycles. The van der Waals surface area contributed by atoms with Crippen molar-refractivity contribution in [3.8, 4) is 0 Å². The molecule has 0 aliphatic rings. The van der Waals surface area contributed by atoms with Crippen LogP contribution in [0.25, 0.3) is 0 Å². The first-order valence-corrected chi connectivity index (χ1v) is 6.07. The minimum Gasteiger partial charge on any atom is -0.463 e. The van der Waals surface area contributed by atoms with E-state index in [2.05, 4.69) is 15.5 Å². The van der Waals surface area contributed by atoms with Crippen molar-refractivity contribution >= 4 is 46.3 Å². The molecule has 0 aliphatic heterocycles. The molecule has 0 aliphatic carbocycles. The zero-order valence-corrected chi connectivity index (χ0v) is 11.5. The maximum atomic E-state index is 5.95. The average Bonchev–Trinajstić information content (AvgIpc) is 2.85. The number of rotatable bonds is 3. The van der Waals surface area contributed by atoms with Crippen LogP contribution in [-0.2, 0) is 0 Å². The first-order chi connectivity index (χ1) is 8.58. The molecule has 18 heavy (non-hydrogen) atoms. The van der Waals surface area contributed by atoms with Crippen LogP contribution in [0, 0.1) is 0 Å². The Bertz CT molecular complexity index is 581. The molecule has 0 radical (unpaired) electrons. The van der Waals surface area contributed by atoms with Crippen LogP contribution in [0.1, 0.15) is 12.7 Å². The highest BCUT2D eigenvalue weighted by Crippen LogP contribution is 2.28. The van der Waals surface area contributed by atoms with Gasteiger partial charge in [0, 0.05) is 0 Å². The fraction of sp³-hybridized carbons (Fsp3) is 0.0909. The molecule has 94 valence electrons. The highest BCUT2D eigenvalue weighted by atomic mass is 35.5. The number of halogens is 3. The normalized spacial score (nSPS) is 11.7. The van der Waals surface area contributed by atoms with Gasteiger partial charge in [0.15, 0.2) is 5.82 Å². The topological polar surface area (TPSA) is 50.4 Å². The zero-order valence-electron chi connectivity index (χ0n) is 9.25. The molecule has 1 N–H and O–H groups in total. The number of pyridine rings is 1. The first kappa shape index (κ1) is 13.2. The number of hydrogen-bond acceptors (Lipinski definition) is 4. The van der Waals surface area contributed by atoms with Crippen molar-refractivity contribution in [2.75, 3.05) is 5.43 Å². The lowest BCUT2D eigenvalue weighted by molar-refractivity contribution is 0.557. The Morgan fingerprint density at radius 2 is 2.11 bits per heavy atom. The monoisotopic (exact) mass is 303 g/mol. The van der Waals surface area contributed by atoms with Gasteiger partial charge in [-0.2, -0.15) is 5.10 Å². The molecule has 0 aromatic carbocycles. The summed E-state index contributed by atoms with van der Waals surface area (Å²) in [6, 6.07) is 5.07. The predicted molar refractivity (Wildman–Crippen MR) is 73.8 cm³/mol. The fourth-order valence-electron chi connectivity index (χ4n) is 1.20. The molecule has 4 nitrogen and oxygen atoms in total. The van der Waals surface area contributed by atoms with E-state index >= 15 is 0 Å². The summed E-state index contributed by atoms with van der Waals surface area (Å²) >= 11 is 17.5. The van der Waals surface area contributed by atoms with Gasteiger partial charge in [0.25, 0.3) is 0 Å². The Balaban J connectivity index is 2.20. The maximum Gasteiger partial charge on any atom is 0.166 e. The largest absolute Gasteiger partial charge is 0.463 e. The molecule has 2 rings (SSSR count). The van der Waals surface area contributed by atoms with Crippen molar-refractivity contribution in [3.63, 3.8) is 0 Å². The molecule has 0 amide bonds. The molecule has 0 saturated heterocycles. The van der Waals surface area contributed by atoms with Crippen LogP contribution < -0.4 is 5.43 Å². The number of nitrogens with one attached hydrogen (secondary N) is 1. The van der Waals surface area contributed by atoms with Gasteiger partial charge >= 0.3 is 0 Å². The van der Waals surface area contributed by atoms with Gasteiger partial charge in [-0.05, 0) is 25.1 Å². The summed E-state index contributed by atoms with van der Waals surface area (Å²) in [5.41, 5.74) is 3.37. The van der Waals surface area contributed by atoms with Crippen molar-refractivity contribution in [2.45, 2.75) is 6.92 Å². The number of nitrogens with zero attached hydrogens (tertiary/aromatic N) is 2. The summed E-state index contributed by atoms with van der Waals surface area (Å²) in [6.07, 6.45) is 1.57. The van der Waals surface area contributed by atoms with E-state index in [1.807, 2.05) is 0 Å². The van der Waals surface area contributed by atoms with E-state index in [0.29, 0.717) is 27.3 Å². The highest BCUT2D eigenvalue weighted by Gasteiger charge is 2.07. The quantitative estimate of drug-likeness (QED) is 0.517. The van der Waals surface area contributed by atoms with Crippen molar-refractivity contribution in [3.05, 3.63) is 45.4 Å². The van der Waals surface area contributed by atoms with Crippen molar-refractivity contribution in [2.24, 2.45) is 5.10 Å². The van der Waals surface area contributed by atoms with Crippen LogP contribution in [0.3, 0.4) is 0 Å². The Labute approximate surface area is 119 Å². The number of hydrogen-bond donors (Lipinski definition) is 1. The van der Waals surface area contributed by atoms with Gasteiger partial charge in [-0.15, -0.1) is 0 Å². The molecule has 2 aromatic rings. The van der Waals surface area contributed by atoms with E-state index < -0.39 is 0 Å². The number of hydrazone groups is 1. The average molecular weight is 305 g/mol. The second-order valence-corrected chi connectivity index (χ2v) is 4.55. The molecule has 0 saturated carbocycles. The van der Waals surface area contributed by atoms with E-state index in [-0.39, 0.29) is 5.15 Å². The van der Waals surface area contributed by atoms with Gasteiger partial charge in [-0.1, -0.05) is 34.8 Å². The number of aromatic nitrogens is 1. The lowest BCUT2D eigenvalue weighted by Crippen LogP contribution is -2.00. The van der Waals surface area contributed by atoms with E-state index in [9.17, 15) is 0 Å². The molecule has 0 fully saturated rings. The maximum absolute atomic E-state index is 5.95. The van der Waals surface area contributed by atoms with E-state index in [1.54, 1.807) is 25.3 Å². The summed E-state index contributed by atoms with van der Waals surface area (Å²) in [6.45, 7) is 1.79. The molecule has 0 spiro atoms. The van der Waals surface area contributed by atoms with Gasteiger partial charge in [0.05, 0.1) is 16.3 Å². The minimum atomic E-state index is 0.161. The summed E-state index contributed by atoms with van der Waals surface area (Å²) < 4.78 is 5.19. The number of anilines is 1. The second kappa shape index (κ2) is 5.61. The third-order valence-electron chi connectivity index (χ3n) is 2.09. The van der Waals surface area contributed by atoms with Crippen molar-refractivity contribution in [1.82, 2.24) is 4.98 Å². The lowest BCUT2D eigenvalue weighted by Gasteiger charge is -2.05. The van der Waals surface area contributed by atoms with E-state index in [0.717, 1.165) is 0 Å². The molecular weight excluding hydrogens is 297 g/mol. The second-order valence-electron chi connectivity index (χ2n) is 3.38. The summed E-state index contributed by atoms with van der Waals surface area (Å²) in [4.78, 5) is 3.98. The Hall–Kier alpha value is -1.23. The SMILES string of the molecule is C/C(=N\Nc1nc(Cl)c(Cl)cc1Cl)c1ccco1. The van der Waals surface area contributed by atoms with Gasteiger partial charge in [0.1, 0.15) is 16.6 Å². The third kappa shape index (κ3) is 2.96. The summed E-state index contributed by atoms with van der Waals surface area (Å²) in [5, 5.41) is 4.88. The molecule has 0 bridgehead atoms. The van der Waals surface area contributed by atoms with Crippen LogP contribution in [0.5, 0.6) is 0 Å². The Morgan fingerprint density at radius 3 is 2.78 bits per heavy atom.